The zero-order valence-electron chi connectivity index (χ0n) is 12.2. The number of nitrogens with one attached hydrogen (secondary N) is 1. The van der Waals surface area contributed by atoms with Crippen LogP contribution in [0.2, 0.25) is 0 Å². The van der Waals surface area contributed by atoms with Gasteiger partial charge in [0.25, 0.3) is 0 Å². The van der Waals surface area contributed by atoms with Crippen LogP contribution < -0.4 is 5.32 Å². The van der Waals surface area contributed by atoms with E-state index in [1.807, 2.05) is 11.3 Å². The van der Waals surface area contributed by atoms with Crippen molar-refractivity contribution in [2.75, 3.05) is 13.1 Å². The van der Waals surface area contributed by atoms with Gasteiger partial charge in [-0.25, -0.2) is 0 Å². The van der Waals surface area contributed by atoms with Gasteiger partial charge in [-0.2, -0.15) is 0 Å². The van der Waals surface area contributed by atoms with E-state index in [-0.39, 0.29) is 0 Å². The van der Waals surface area contributed by atoms with Crippen LogP contribution in [0.1, 0.15) is 49.4 Å². The molecule has 0 aromatic carbocycles. The molecule has 1 heterocycles. The van der Waals surface area contributed by atoms with Gasteiger partial charge in [0.2, 0.25) is 0 Å². The van der Waals surface area contributed by atoms with Crippen LogP contribution in [0.3, 0.4) is 0 Å². The van der Waals surface area contributed by atoms with Gasteiger partial charge in [-0.1, -0.05) is 27.7 Å². The number of hydrogen-bond acceptors (Lipinski definition) is 2. The predicted octanol–water partition coefficient (Wildman–Crippen LogP) is 4.28. The maximum absolute atomic E-state index is 3.54. The van der Waals surface area contributed by atoms with E-state index in [0.717, 1.165) is 19.0 Å². The number of thiophene rings is 1. The molecule has 0 saturated carbocycles. The quantitative estimate of drug-likeness (QED) is 0.746. The average molecular weight is 253 g/mol. The SMILES string of the molecule is Cc1cc(C(C)(C)CCNCC(C)C)c(C)s1. The molecule has 0 radical (unpaired) electrons. The Kier molecular flexibility index (Phi) is 5.21. The van der Waals surface area contributed by atoms with E-state index in [2.05, 4.69) is 52.9 Å². The molecule has 0 atom stereocenters. The summed E-state index contributed by atoms with van der Waals surface area (Å²) in [6.07, 6.45) is 1.21. The van der Waals surface area contributed by atoms with E-state index in [1.165, 1.54) is 21.7 Å². The summed E-state index contributed by atoms with van der Waals surface area (Å²) in [5.41, 5.74) is 1.82. The van der Waals surface area contributed by atoms with Crippen molar-refractivity contribution < 1.29 is 0 Å². The molecule has 0 saturated heterocycles. The molecule has 0 aliphatic heterocycles. The standard InChI is InChI=1S/C15H27NS/c1-11(2)10-16-8-7-15(5,6)14-9-12(3)17-13(14)4/h9,11,16H,7-8,10H2,1-6H3. The van der Waals surface area contributed by atoms with E-state index >= 15 is 0 Å². The molecular weight excluding hydrogens is 226 g/mol. The maximum atomic E-state index is 3.54. The fourth-order valence-corrected chi connectivity index (χ4v) is 3.33. The van der Waals surface area contributed by atoms with Gasteiger partial charge in [0.15, 0.2) is 0 Å². The molecule has 17 heavy (non-hydrogen) atoms. The Hall–Kier alpha value is -0.340. The van der Waals surface area contributed by atoms with Gasteiger partial charge < -0.3 is 5.32 Å². The molecule has 0 spiro atoms. The highest BCUT2D eigenvalue weighted by Gasteiger charge is 2.23. The van der Waals surface area contributed by atoms with Crippen LogP contribution in [-0.4, -0.2) is 13.1 Å². The molecule has 0 aliphatic rings. The summed E-state index contributed by atoms with van der Waals surface area (Å²) >= 11 is 1.92. The molecule has 0 bridgehead atoms. The summed E-state index contributed by atoms with van der Waals surface area (Å²) in [5.74, 6) is 0.739. The second-order valence-electron chi connectivity index (χ2n) is 6.06. The predicted molar refractivity (Wildman–Crippen MR) is 79.1 cm³/mol. The molecule has 1 rings (SSSR count). The number of rotatable bonds is 6. The molecule has 0 unspecified atom stereocenters. The summed E-state index contributed by atoms with van der Waals surface area (Å²) < 4.78 is 0. The van der Waals surface area contributed by atoms with E-state index in [0.29, 0.717) is 5.41 Å². The van der Waals surface area contributed by atoms with Crippen molar-refractivity contribution in [1.82, 2.24) is 5.32 Å². The third-order valence-electron chi connectivity index (χ3n) is 3.25. The summed E-state index contributed by atoms with van der Waals surface area (Å²) in [4.78, 5) is 2.91. The minimum absolute atomic E-state index is 0.290. The van der Waals surface area contributed by atoms with Crippen molar-refractivity contribution >= 4 is 11.3 Å². The Labute approximate surface area is 111 Å². The summed E-state index contributed by atoms with van der Waals surface area (Å²) in [7, 11) is 0. The van der Waals surface area contributed by atoms with Gasteiger partial charge in [-0.05, 0) is 56.3 Å². The maximum Gasteiger partial charge on any atom is 0.00544 e. The fraction of sp³-hybridized carbons (Fsp3) is 0.733. The van der Waals surface area contributed by atoms with Gasteiger partial charge in [0.05, 0.1) is 0 Å². The molecule has 1 N–H and O–H groups in total. The molecule has 0 aliphatic carbocycles. The van der Waals surface area contributed by atoms with Gasteiger partial charge in [-0.15, -0.1) is 11.3 Å². The van der Waals surface area contributed by atoms with Gasteiger partial charge >= 0.3 is 0 Å². The molecule has 1 aromatic heterocycles. The minimum Gasteiger partial charge on any atom is -0.316 e. The van der Waals surface area contributed by atoms with Crippen molar-refractivity contribution in [3.05, 3.63) is 21.4 Å². The first-order valence-corrected chi connectivity index (χ1v) is 7.43. The lowest BCUT2D eigenvalue weighted by Gasteiger charge is -2.25. The van der Waals surface area contributed by atoms with Crippen LogP contribution in [0.25, 0.3) is 0 Å². The normalized spacial score (nSPS) is 12.4. The molecule has 98 valence electrons. The van der Waals surface area contributed by atoms with Gasteiger partial charge in [0.1, 0.15) is 0 Å². The fourth-order valence-electron chi connectivity index (χ4n) is 2.23. The van der Waals surface area contributed by atoms with Crippen molar-refractivity contribution in [3.63, 3.8) is 0 Å². The van der Waals surface area contributed by atoms with Crippen molar-refractivity contribution in [3.8, 4) is 0 Å². The Morgan fingerprint density at radius 1 is 1.29 bits per heavy atom. The number of hydrogen-bond donors (Lipinski definition) is 1. The Bertz CT molecular complexity index is 350. The highest BCUT2D eigenvalue weighted by molar-refractivity contribution is 7.12. The highest BCUT2D eigenvalue weighted by Crippen LogP contribution is 2.34. The Morgan fingerprint density at radius 2 is 1.94 bits per heavy atom. The summed E-state index contributed by atoms with van der Waals surface area (Å²) in [5, 5.41) is 3.54. The average Bonchev–Trinajstić information content (AvgIpc) is 2.53. The van der Waals surface area contributed by atoms with Crippen LogP contribution in [0.5, 0.6) is 0 Å². The van der Waals surface area contributed by atoms with Crippen molar-refractivity contribution in [2.24, 2.45) is 5.92 Å². The van der Waals surface area contributed by atoms with E-state index in [4.69, 9.17) is 0 Å². The lowest BCUT2D eigenvalue weighted by molar-refractivity contribution is 0.442. The second kappa shape index (κ2) is 6.01. The molecule has 0 fully saturated rings. The molecule has 2 heteroatoms. The van der Waals surface area contributed by atoms with E-state index in [1.54, 1.807) is 0 Å². The van der Waals surface area contributed by atoms with Crippen molar-refractivity contribution in [2.45, 2.75) is 53.4 Å². The van der Waals surface area contributed by atoms with Gasteiger partial charge in [-0.3, -0.25) is 0 Å². The third-order valence-corrected chi connectivity index (χ3v) is 4.22. The highest BCUT2D eigenvalue weighted by atomic mass is 32.1. The van der Waals surface area contributed by atoms with Crippen LogP contribution in [0.4, 0.5) is 0 Å². The smallest absolute Gasteiger partial charge is 0.00544 e. The lowest BCUT2D eigenvalue weighted by atomic mass is 9.81. The van der Waals surface area contributed by atoms with Crippen LogP contribution in [-0.2, 0) is 5.41 Å². The topological polar surface area (TPSA) is 12.0 Å². The van der Waals surface area contributed by atoms with Crippen molar-refractivity contribution in [1.29, 1.82) is 0 Å². The number of aryl methyl sites for hydroxylation is 2. The molecule has 1 nitrogen and oxygen atoms in total. The largest absolute Gasteiger partial charge is 0.316 e. The third kappa shape index (κ3) is 4.44. The Balaban J connectivity index is 2.53. The second-order valence-corrected chi connectivity index (χ2v) is 7.52. The first kappa shape index (κ1) is 14.7. The first-order chi connectivity index (χ1) is 7.83. The van der Waals surface area contributed by atoms with E-state index in [9.17, 15) is 0 Å². The molecule has 0 amide bonds. The zero-order valence-corrected chi connectivity index (χ0v) is 13.0. The lowest BCUT2D eigenvalue weighted by Crippen LogP contribution is -2.27. The van der Waals surface area contributed by atoms with Gasteiger partial charge in [0, 0.05) is 9.75 Å². The first-order valence-electron chi connectivity index (χ1n) is 6.61. The summed E-state index contributed by atoms with van der Waals surface area (Å²) in [6.45, 7) is 15.9. The monoisotopic (exact) mass is 253 g/mol. The molecule has 1 aromatic rings. The van der Waals surface area contributed by atoms with Crippen LogP contribution in [0, 0.1) is 19.8 Å². The Morgan fingerprint density at radius 3 is 2.41 bits per heavy atom. The van der Waals surface area contributed by atoms with Crippen LogP contribution in [0.15, 0.2) is 6.07 Å². The summed E-state index contributed by atoms with van der Waals surface area (Å²) in [6, 6.07) is 2.36. The minimum atomic E-state index is 0.290. The van der Waals surface area contributed by atoms with E-state index < -0.39 is 0 Å². The molecular formula is C15H27NS. The van der Waals surface area contributed by atoms with Crippen LogP contribution >= 0.6 is 11.3 Å². The zero-order chi connectivity index (χ0) is 13.1.